The summed E-state index contributed by atoms with van der Waals surface area (Å²) in [6.07, 6.45) is 4.77. The van der Waals surface area contributed by atoms with E-state index in [9.17, 15) is 19.5 Å². The van der Waals surface area contributed by atoms with E-state index in [1.165, 1.54) is 6.92 Å². The van der Waals surface area contributed by atoms with E-state index >= 15 is 0 Å². The van der Waals surface area contributed by atoms with Crippen molar-refractivity contribution in [3.8, 4) is 0 Å². The number of hydrogen-bond donors (Lipinski definition) is 2. The highest BCUT2D eigenvalue weighted by Crippen LogP contribution is 2.74. The van der Waals surface area contributed by atoms with Crippen LogP contribution in [0.4, 0.5) is 0 Å². The van der Waals surface area contributed by atoms with Gasteiger partial charge in [-0.1, -0.05) is 67.9 Å². The monoisotopic (exact) mass is 643 g/mol. The van der Waals surface area contributed by atoms with E-state index in [1.54, 1.807) is 0 Å². The first-order chi connectivity index (χ1) is 21.1. The molecule has 5 aliphatic rings. The molecule has 0 radical (unpaired) electrons. The maximum Gasteiger partial charge on any atom is 0.308 e. The third-order valence-electron chi connectivity index (χ3n) is 15.2. The zero-order valence-corrected chi connectivity index (χ0v) is 30.3. The van der Waals surface area contributed by atoms with E-state index in [-0.39, 0.29) is 35.4 Å². The molecule has 0 aromatic heterocycles. The first kappa shape index (κ1) is 35.5. The largest absolute Gasteiger partial charge is 0.481 e. The van der Waals surface area contributed by atoms with E-state index in [0.717, 1.165) is 31.3 Å². The molecule has 1 heterocycles. The number of esters is 1. The number of fused-ring (bicyclic) bond motifs is 3. The maximum atomic E-state index is 14.8. The van der Waals surface area contributed by atoms with Crippen LogP contribution in [-0.2, 0) is 28.6 Å². The van der Waals surface area contributed by atoms with Crippen molar-refractivity contribution < 1.29 is 33.7 Å². The van der Waals surface area contributed by atoms with E-state index in [4.69, 9.17) is 19.9 Å². The van der Waals surface area contributed by atoms with Gasteiger partial charge in [-0.2, -0.15) is 0 Å². The topological polar surface area (TPSA) is 125 Å². The molecule has 1 aliphatic heterocycles. The van der Waals surface area contributed by atoms with Crippen LogP contribution in [0.5, 0.6) is 0 Å². The van der Waals surface area contributed by atoms with Gasteiger partial charge in [0, 0.05) is 28.7 Å². The van der Waals surface area contributed by atoms with Gasteiger partial charge in [0.15, 0.2) is 5.78 Å². The molecule has 260 valence electrons. The SMILES string of the molecule is CC(=O)O[C@@H]1C[C@@]23COC[C@](C)([C@@H]2CC[C@H]2C3=CC(=O)[C@@]3(C)[C@H](C(=O)O)[C@@](C)([C@H](C)C(C)C)CC[C@]23C)[C@H]1OC[C@@](C)(N)C(C)C. The maximum absolute atomic E-state index is 14.8. The Morgan fingerprint density at radius 1 is 1.09 bits per heavy atom. The highest BCUT2D eigenvalue weighted by atomic mass is 16.6. The Morgan fingerprint density at radius 3 is 2.30 bits per heavy atom. The molecule has 4 aliphatic carbocycles. The number of ketones is 1. The van der Waals surface area contributed by atoms with E-state index in [2.05, 4.69) is 55.4 Å². The molecular weight excluding hydrogens is 582 g/mol. The Morgan fingerprint density at radius 2 is 1.74 bits per heavy atom. The summed E-state index contributed by atoms with van der Waals surface area (Å²) in [4.78, 5) is 40.7. The van der Waals surface area contributed by atoms with E-state index < -0.39 is 56.7 Å². The lowest BCUT2D eigenvalue weighted by atomic mass is 9.34. The number of nitrogens with two attached hydrogens (primary N) is 1. The van der Waals surface area contributed by atoms with Crippen LogP contribution in [-0.4, -0.2) is 60.4 Å². The molecule has 0 unspecified atom stereocenters. The van der Waals surface area contributed by atoms with Crippen molar-refractivity contribution in [2.45, 2.75) is 126 Å². The van der Waals surface area contributed by atoms with Crippen LogP contribution in [0, 0.1) is 62.6 Å². The van der Waals surface area contributed by atoms with Crippen molar-refractivity contribution in [2.24, 2.45) is 68.3 Å². The summed E-state index contributed by atoms with van der Waals surface area (Å²) in [6.45, 7) is 23.8. The van der Waals surface area contributed by atoms with Gasteiger partial charge < -0.3 is 25.1 Å². The number of aliphatic carboxylic acids is 1. The van der Waals surface area contributed by atoms with E-state index in [1.807, 2.05) is 19.9 Å². The van der Waals surface area contributed by atoms with Crippen molar-refractivity contribution in [2.75, 3.05) is 19.8 Å². The molecule has 12 atom stereocenters. The number of carboxylic acid groups (broad SMARTS) is 1. The first-order valence-electron chi connectivity index (χ1n) is 17.8. The molecular formula is C38H61NO7. The standard InChI is InChI=1S/C38H61NO7/c1-21(2)23(5)33(7)14-15-35(9)25-12-13-28-34(8)18-44-20-38(28,26(25)16-29(41)37(35,11)30(33)32(42)43)17-27(46-24(6)40)31(34)45-19-36(10,39)22(3)4/h16,21-23,25,27-28,30-31H,12-15,17-20,39H2,1-11H3,(H,42,43)/t23-,25+,27-,28+,30-,31+,33-,34-,35-,36-,37+,38+/m1/s1. The average molecular weight is 644 g/mol. The molecule has 8 nitrogen and oxygen atoms in total. The Labute approximate surface area is 276 Å². The van der Waals surface area contributed by atoms with Gasteiger partial charge in [-0.3, -0.25) is 14.4 Å². The summed E-state index contributed by atoms with van der Waals surface area (Å²) in [6, 6.07) is 0. The molecule has 4 fully saturated rings. The van der Waals surface area contributed by atoms with Crippen LogP contribution in [0.25, 0.3) is 0 Å². The Balaban J connectivity index is 1.62. The van der Waals surface area contributed by atoms with Gasteiger partial charge in [-0.25, -0.2) is 0 Å². The van der Waals surface area contributed by atoms with Crippen molar-refractivity contribution in [1.29, 1.82) is 0 Å². The minimum atomic E-state index is -1.05. The molecule has 5 rings (SSSR count). The fraction of sp³-hybridized carbons (Fsp3) is 0.868. The van der Waals surface area contributed by atoms with E-state index in [0.29, 0.717) is 32.2 Å². The number of carboxylic acids is 1. The summed E-state index contributed by atoms with van der Waals surface area (Å²) < 4.78 is 19.3. The molecule has 8 heteroatoms. The van der Waals surface area contributed by atoms with Crippen LogP contribution in [0.2, 0.25) is 0 Å². The van der Waals surface area contributed by atoms with Gasteiger partial charge in [0.25, 0.3) is 0 Å². The van der Waals surface area contributed by atoms with Crippen LogP contribution < -0.4 is 5.73 Å². The number of rotatable bonds is 8. The van der Waals surface area contributed by atoms with Gasteiger partial charge in [0.05, 0.1) is 25.7 Å². The summed E-state index contributed by atoms with van der Waals surface area (Å²) >= 11 is 0. The predicted molar refractivity (Wildman–Crippen MR) is 177 cm³/mol. The van der Waals surface area contributed by atoms with Crippen molar-refractivity contribution in [1.82, 2.24) is 0 Å². The second-order valence-electron chi connectivity index (χ2n) is 18.0. The van der Waals surface area contributed by atoms with Crippen molar-refractivity contribution >= 4 is 17.7 Å². The van der Waals surface area contributed by atoms with Crippen molar-refractivity contribution in [3.05, 3.63) is 11.6 Å². The molecule has 0 spiro atoms. The third kappa shape index (κ3) is 4.80. The van der Waals surface area contributed by atoms with Gasteiger partial charge in [0.2, 0.25) is 0 Å². The molecule has 0 amide bonds. The lowest BCUT2D eigenvalue weighted by molar-refractivity contribution is -0.268. The van der Waals surface area contributed by atoms with Crippen molar-refractivity contribution in [3.63, 3.8) is 0 Å². The van der Waals surface area contributed by atoms with Gasteiger partial charge in [-0.05, 0) is 85.5 Å². The second kappa shape index (κ2) is 11.4. The lowest BCUT2D eigenvalue weighted by Gasteiger charge is -2.70. The molecule has 46 heavy (non-hydrogen) atoms. The number of carbonyl (C=O) groups excluding carboxylic acids is 2. The zero-order valence-electron chi connectivity index (χ0n) is 30.3. The number of ether oxygens (including phenoxy) is 3. The molecule has 3 saturated carbocycles. The highest BCUT2D eigenvalue weighted by Gasteiger charge is 2.74. The first-order valence-corrected chi connectivity index (χ1v) is 17.8. The van der Waals surface area contributed by atoms with Crippen LogP contribution >= 0.6 is 0 Å². The Hall–Kier alpha value is -1.77. The molecule has 1 saturated heterocycles. The number of allylic oxidation sites excluding steroid dienone is 1. The molecule has 2 bridgehead atoms. The number of carbonyl (C=O) groups is 3. The summed E-state index contributed by atoms with van der Waals surface area (Å²) in [7, 11) is 0. The smallest absolute Gasteiger partial charge is 0.308 e. The quantitative estimate of drug-likeness (QED) is 0.290. The summed E-state index contributed by atoms with van der Waals surface area (Å²) in [5.74, 6) is -1.28. The second-order valence-corrected chi connectivity index (χ2v) is 18.0. The summed E-state index contributed by atoms with van der Waals surface area (Å²) in [5.41, 5.74) is 4.10. The van der Waals surface area contributed by atoms with Gasteiger partial charge >= 0.3 is 11.9 Å². The number of hydrogen-bond acceptors (Lipinski definition) is 7. The molecule has 3 N–H and O–H groups in total. The Kier molecular flexibility index (Phi) is 8.81. The molecule has 0 aromatic carbocycles. The van der Waals surface area contributed by atoms with Crippen LogP contribution in [0.3, 0.4) is 0 Å². The van der Waals surface area contributed by atoms with Gasteiger partial charge in [-0.15, -0.1) is 0 Å². The highest BCUT2D eigenvalue weighted by molar-refractivity contribution is 6.00. The fourth-order valence-electron chi connectivity index (χ4n) is 11.4. The Bertz CT molecular complexity index is 1290. The average Bonchev–Trinajstić information content (AvgIpc) is 2.93. The molecule has 0 aromatic rings. The minimum absolute atomic E-state index is 0.0295. The predicted octanol–water partition coefficient (Wildman–Crippen LogP) is 6.44. The van der Waals surface area contributed by atoms with Crippen LogP contribution in [0.1, 0.15) is 108 Å². The summed E-state index contributed by atoms with van der Waals surface area (Å²) in [5, 5.41) is 10.9. The lowest BCUT2D eigenvalue weighted by Crippen LogP contribution is -2.71. The minimum Gasteiger partial charge on any atom is -0.481 e. The normalized spacial score (nSPS) is 45.6. The third-order valence-corrected chi connectivity index (χ3v) is 15.2. The van der Waals surface area contributed by atoms with Gasteiger partial charge in [0.1, 0.15) is 12.2 Å². The zero-order chi connectivity index (χ0) is 34.4. The fourth-order valence-corrected chi connectivity index (χ4v) is 11.4. The van der Waals surface area contributed by atoms with Crippen LogP contribution in [0.15, 0.2) is 11.6 Å².